The molecular weight excluding hydrogens is 312 g/mol. The molecule has 0 aliphatic rings. The molecular formula is C19H38N6. The summed E-state index contributed by atoms with van der Waals surface area (Å²) < 4.78 is 0. The molecule has 144 valence electrons. The Kier molecular flexibility index (Phi) is 11.6. The lowest BCUT2D eigenvalue weighted by Crippen LogP contribution is -2.43. The van der Waals surface area contributed by atoms with Crippen LogP contribution in [0.2, 0.25) is 0 Å². The van der Waals surface area contributed by atoms with Crippen LogP contribution in [0, 0.1) is 12.8 Å². The first-order valence-corrected chi connectivity index (χ1v) is 9.43. The lowest BCUT2D eigenvalue weighted by molar-refractivity contribution is 0.182. The zero-order valence-corrected chi connectivity index (χ0v) is 15.9. The maximum absolute atomic E-state index is 5.78. The van der Waals surface area contributed by atoms with Crippen molar-refractivity contribution >= 4 is 0 Å². The van der Waals surface area contributed by atoms with Gasteiger partial charge in [0.25, 0.3) is 0 Å². The van der Waals surface area contributed by atoms with Gasteiger partial charge in [0.05, 0.1) is 0 Å². The molecule has 25 heavy (non-hydrogen) atoms. The van der Waals surface area contributed by atoms with Crippen molar-refractivity contribution in [1.82, 2.24) is 9.80 Å². The van der Waals surface area contributed by atoms with Gasteiger partial charge in [0.15, 0.2) is 0 Å². The second-order valence-electron chi connectivity index (χ2n) is 6.81. The van der Waals surface area contributed by atoms with E-state index >= 15 is 0 Å². The van der Waals surface area contributed by atoms with E-state index in [4.69, 9.17) is 22.9 Å². The largest absolute Gasteiger partial charge is 0.329 e. The summed E-state index contributed by atoms with van der Waals surface area (Å²) >= 11 is 0. The number of benzene rings is 1. The summed E-state index contributed by atoms with van der Waals surface area (Å²) in [5.74, 6) is 0.499. The topological polar surface area (TPSA) is 111 Å². The summed E-state index contributed by atoms with van der Waals surface area (Å²) in [6.45, 7) is 10.3. The fourth-order valence-electron chi connectivity index (χ4n) is 3.29. The monoisotopic (exact) mass is 350 g/mol. The van der Waals surface area contributed by atoms with Crippen LogP contribution in [0.5, 0.6) is 0 Å². The molecule has 0 radical (unpaired) electrons. The van der Waals surface area contributed by atoms with Crippen LogP contribution in [0.15, 0.2) is 24.3 Å². The van der Waals surface area contributed by atoms with Crippen LogP contribution in [-0.4, -0.2) is 75.2 Å². The zero-order valence-electron chi connectivity index (χ0n) is 15.9. The Bertz CT molecular complexity index is 406. The molecule has 0 fully saturated rings. The summed E-state index contributed by atoms with van der Waals surface area (Å²) in [6, 6.07) is 8.83. The molecule has 0 unspecified atom stereocenters. The molecule has 1 aromatic carbocycles. The third kappa shape index (κ3) is 9.30. The molecule has 0 spiro atoms. The van der Waals surface area contributed by atoms with Crippen molar-refractivity contribution in [2.45, 2.75) is 13.3 Å². The average molecular weight is 351 g/mol. The molecule has 0 amide bonds. The third-order valence-corrected chi connectivity index (χ3v) is 4.46. The molecule has 0 saturated heterocycles. The van der Waals surface area contributed by atoms with Crippen molar-refractivity contribution in [2.75, 3.05) is 65.4 Å². The van der Waals surface area contributed by atoms with Crippen molar-refractivity contribution in [3.8, 4) is 0 Å². The van der Waals surface area contributed by atoms with Crippen molar-refractivity contribution in [3.05, 3.63) is 35.4 Å². The number of nitrogens with two attached hydrogens (primary N) is 4. The van der Waals surface area contributed by atoms with Crippen LogP contribution in [0.1, 0.15) is 11.1 Å². The molecule has 0 aliphatic heterocycles. The molecule has 8 N–H and O–H groups in total. The molecule has 6 nitrogen and oxygen atoms in total. The van der Waals surface area contributed by atoms with Gasteiger partial charge in [-0.15, -0.1) is 0 Å². The van der Waals surface area contributed by atoms with E-state index in [1.165, 1.54) is 11.1 Å². The number of nitrogens with zero attached hydrogens (tertiary/aromatic N) is 2. The first kappa shape index (κ1) is 22.0. The second kappa shape index (κ2) is 13.2. The van der Waals surface area contributed by atoms with Crippen LogP contribution in [0.4, 0.5) is 0 Å². The van der Waals surface area contributed by atoms with Gasteiger partial charge in [-0.3, -0.25) is 0 Å². The highest BCUT2D eigenvalue weighted by Gasteiger charge is 2.18. The lowest BCUT2D eigenvalue weighted by atomic mass is 9.97. The van der Waals surface area contributed by atoms with Gasteiger partial charge in [-0.1, -0.05) is 29.8 Å². The van der Waals surface area contributed by atoms with Gasteiger partial charge >= 0.3 is 0 Å². The molecule has 0 bridgehead atoms. The minimum Gasteiger partial charge on any atom is -0.329 e. The van der Waals surface area contributed by atoms with E-state index in [-0.39, 0.29) is 0 Å². The summed E-state index contributed by atoms with van der Waals surface area (Å²) in [5, 5.41) is 0. The van der Waals surface area contributed by atoms with E-state index in [9.17, 15) is 0 Å². The Morgan fingerprint density at radius 1 is 0.720 bits per heavy atom. The predicted molar refractivity (Wildman–Crippen MR) is 107 cm³/mol. The number of rotatable bonds is 14. The smallest absolute Gasteiger partial charge is 0.0105 e. The number of aryl methyl sites for hydroxylation is 1. The molecule has 1 aromatic rings. The SMILES string of the molecule is Cc1ccc(CC(CN(CCN)CCN)CN(CCN)CCN)cc1. The van der Waals surface area contributed by atoms with Crippen molar-refractivity contribution in [1.29, 1.82) is 0 Å². The quantitative estimate of drug-likeness (QED) is 0.363. The standard InChI is InChI=1S/C19H38N6/c1-17-2-4-18(5-3-17)14-19(15-24(10-6-20)11-7-21)16-25(12-8-22)13-9-23/h2-5,19H,6-16,20-23H2,1H3. The van der Waals surface area contributed by atoms with E-state index < -0.39 is 0 Å². The van der Waals surface area contributed by atoms with E-state index in [1.807, 2.05) is 0 Å². The predicted octanol–water partition coefficient (Wildman–Crippen LogP) is -0.407. The van der Waals surface area contributed by atoms with E-state index in [0.29, 0.717) is 32.1 Å². The normalized spacial score (nSPS) is 11.8. The fourth-order valence-corrected chi connectivity index (χ4v) is 3.29. The van der Waals surface area contributed by atoms with Gasteiger partial charge in [-0.05, 0) is 24.8 Å². The Morgan fingerprint density at radius 2 is 1.12 bits per heavy atom. The van der Waals surface area contributed by atoms with Crippen molar-refractivity contribution < 1.29 is 0 Å². The minimum absolute atomic E-state index is 0.499. The molecule has 0 aliphatic carbocycles. The van der Waals surface area contributed by atoms with Gasteiger partial charge in [0, 0.05) is 65.4 Å². The lowest BCUT2D eigenvalue weighted by Gasteiger charge is -2.31. The Hall–Kier alpha value is -1.02. The van der Waals surface area contributed by atoms with Gasteiger partial charge in [0.1, 0.15) is 0 Å². The third-order valence-electron chi connectivity index (χ3n) is 4.46. The average Bonchev–Trinajstić information content (AvgIpc) is 2.58. The highest BCUT2D eigenvalue weighted by atomic mass is 15.2. The fraction of sp³-hybridized carbons (Fsp3) is 0.684. The summed E-state index contributed by atoms with van der Waals surface area (Å²) in [4.78, 5) is 4.75. The number of hydrogen-bond donors (Lipinski definition) is 4. The van der Waals surface area contributed by atoms with E-state index in [1.54, 1.807) is 0 Å². The van der Waals surface area contributed by atoms with Crippen LogP contribution < -0.4 is 22.9 Å². The van der Waals surface area contributed by atoms with Gasteiger partial charge in [-0.2, -0.15) is 0 Å². The Labute approximate surface area is 153 Å². The van der Waals surface area contributed by atoms with Crippen LogP contribution in [-0.2, 0) is 6.42 Å². The summed E-state index contributed by atoms with van der Waals surface area (Å²) in [5.41, 5.74) is 25.8. The maximum atomic E-state index is 5.78. The Balaban J connectivity index is 2.80. The van der Waals surface area contributed by atoms with Gasteiger partial charge in [-0.25, -0.2) is 0 Å². The molecule has 0 heterocycles. The maximum Gasteiger partial charge on any atom is 0.0105 e. The van der Waals surface area contributed by atoms with Crippen molar-refractivity contribution in [3.63, 3.8) is 0 Å². The summed E-state index contributed by atoms with van der Waals surface area (Å²) in [7, 11) is 0. The van der Waals surface area contributed by atoms with Crippen LogP contribution in [0.3, 0.4) is 0 Å². The van der Waals surface area contributed by atoms with Crippen molar-refractivity contribution in [2.24, 2.45) is 28.9 Å². The minimum atomic E-state index is 0.499. The first-order chi connectivity index (χ1) is 12.1. The summed E-state index contributed by atoms with van der Waals surface area (Å²) in [6.07, 6.45) is 1.04. The van der Waals surface area contributed by atoms with E-state index in [0.717, 1.165) is 45.7 Å². The number of hydrogen-bond acceptors (Lipinski definition) is 6. The zero-order chi connectivity index (χ0) is 18.5. The second-order valence-corrected chi connectivity index (χ2v) is 6.81. The highest BCUT2D eigenvalue weighted by Crippen LogP contribution is 2.13. The molecule has 0 atom stereocenters. The molecule has 6 heteroatoms. The van der Waals surface area contributed by atoms with E-state index in [2.05, 4.69) is 41.0 Å². The molecule has 0 aromatic heterocycles. The molecule has 1 rings (SSSR count). The molecule has 0 saturated carbocycles. The van der Waals surface area contributed by atoms with Crippen LogP contribution in [0.25, 0.3) is 0 Å². The van der Waals surface area contributed by atoms with Gasteiger partial charge < -0.3 is 32.7 Å². The highest BCUT2D eigenvalue weighted by molar-refractivity contribution is 5.21. The van der Waals surface area contributed by atoms with Gasteiger partial charge in [0.2, 0.25) is 0 Å². The van der Waals surface area contributed by atoms with Crippen LogP contribution >= 0.6 is 0 Å². The first-order valence-electron chi connectivity index (χ1n) is 9.43. The Morgan fingerprint density at radius 3 is 1.48 bits per heavy atom.